The van der Waals surface area contributed by atoms with Gasteiger partial charge in [-0.05, 0) is 39.0 Å². The van der Waals surface area contributed by atoms with E-state index in [4.69, 9.17) is 0 Å². The number of aromatic nitrogens is 1. The van der Waals surface area contributed by atoms with Gasteiger partial charge in [0.1, 0.15) is 0 Å². The second kappa shape index (κ2) is 7.04. The van der Waals surface area contributed by atoms with Crippen molar-refractivity contribution in [2.45, 2.75) is 32.9 Å². The van der Waals surface area contributed by atoms with Gasteiger partial charge >= 0.3 is 0 Å². The van der Waals surface area contributed by atoms with E-state index < -0.39 is 0 Å². The number of pyridine rings is 1. The van der Waals surface area contributed by atoms with E-state index in [0.29, 0.717) is 12.0 Å². The van der Waals surface area contributed by atoms with Gasteiger partial charge in [-0.1, -0.05) is 13.8 Å². The first kappa shape index (κ1) is 15.3. The van der Waals surface area contributed by atoms with Crippen molar-refractivity contribution in [1.29, 1.82) is 0 Å². The lowest BCUT2D eigenvalue weighted by Crippen LogP contribution is -2.32. The van der Waals surface area contributed by atoms with E-state index in [2.05, 4.69) is 54.1 Å². The third-order valence-electron chi connectivity index (χ3n) is 3.98. The molecule has 1 aliphatic rings. The Morgan fingerprint density at radius 2 is 2.25 bits per heavy atom. The summed E-state index contributed by atoms with van der Waals surface area (Å²) in [6, 6.07) is 2.82. The number of anilines is 1. The van der Waals surface area contributed by atoms with E-state index in [9.17, 15) is 0 Å². The average Bonchev–Trinajstić information content (AvgIpc) is 2.88. The first-order valence-corrected chi connectivity index (χ1v) is 7.63. The van der Waals surface area contributed by atoms with Gasteiger partial charge < -0.3 is 15.1 Å². The predicted molar refractivity (Wildman–Crippen MR) is 85.1 cm³/mol. The summed E-state index contributed by atoms with van der Waals surface area (Å²) in [5.74, 6) is 0.681. The van der Waals surface area contributed by atoms with E-state index in [1.165, 1.54) is 17.7 Å². The molecule has 0 radical (unpaired) electrons. The molecule has 1 fully saturated rings. The van der Waals surface area contributed by atoms with Gasteiger partial charge in [-0.25, -0.2) is 0 Å². The molecular formula is C16H28N4. The van der Waals surface area contributed by atoms with Crippen molar-refractivity contribution in [3.8, 4) is 0 Å². The van der Waals surface area contributed by atoms with Gasteiger partial charge in [0.2, 0.25) is 0 Å². The smallest absolute Gasteiger partial charge is 0.0443 e. The molecule has 1 unspecified atom stereocenters. The Balaban J connectivity index is 2.01. The largest absolute Gasteiger partial charge is 0.370 e. The molecule has 1 aromatic heterocycles. The molecule has 0 aliphatic carbocycles. The van der Waals surface area contributed by atoms with Crippen LogP contribution in [0.2, 0.25) is 0 Å². The van der Waals surface area contributed by atoms with Crippen LogP contribution in [-0.2, 0) is 6.54 Å². The molecule has 0 aromatic carbocycles. The van der Waals surface area contributed by atoms with Crippen molar-refractivity contribution in [2.75, 3.05) is 38.6 Å². The van der Waals surface area contributed by atoms with Crippen LogP contribution in [0.15, 0.2) is 18.5 Å². The highest BCUT2D eigenvalue weighted by atomic mass is 15.2. The average molecular weight is 276 g/mol. The maximum Gasteiger partial charge on any atom is 0.0443 e. The Bertz CT molecular complexity index is 417. The lowest BCUT2D eigenvalue weighted by Gasteiger charge is -2.24. The highest BCUT2D eigenvalue weighted by Gasteiger charge is 2.25. The second-order valence-corrected chi connectivity index (χ2v) is 6.38. The Hall–Kier alpha value is -1.13. The molecule has 1 aromatic rings. The molecule has 1 atom stereocenters. The van der Waals surface area contributed by atoms with E-state index in [0.717, 1.165) is 26.2 Å². The summed E-state index contributed by atoms with van der Waals surface area (Å²) < 4.78 is 0. The molecule has 0 spiro atoms. The van der Waals surface area contributed by atoms with E-state index in [-0.39, 0.29) is 0 Å². The van der Waals surface area contributed by atoms with Crippen molar-refractivity contribution in [3.63, 3.8) is 0 Å². The van der Waals surface area contributed by atoms with Crippen molar-refractivity contribution in [3.05, 3.63) is 24.0 Å². The van der Waals surface area contributed by atoms with Gasteiger partial charge in [-0.2, -0.15) is 0 Å². The fourth-order valence-electron chi connectivity index (χ4n) is 2.74. The first-order valence-electron chi connectivity index (χ1n) is 7.63. The molecule has 4 nitrogen and oxygen atoms in total. The van der Waals surface area contributed by atoms with Crippen molar-refractivity contribution >= 4 is 5.69 Å². The van der Waals surface area contributed by atoms with Crippen LogP contribution in [0.5, 0.6) is 0 Å². The van der Waals surface area contributed by atoms with Crippen molar-refractivity contribution in [2.24, 2.45) is 5.92 Å². The van der Waals surface area contributed by atoms with Gasteiger partial charge in [0.15, 0.2) is 0 Å². The molecule has 0 saturated carbocycles. The van der Waals surface area contributed by atoms with E-state index >= 15 is 0 Å². The first-order chi connectivity index (χ1) is 9.58. The molecule has 2 rings (SSSR count). The normalized spacial score (nSPS) is 19.3. The van der Waals surface area contributed by atoms with Crippen molar-refractivity contribution < 1.29 is 0 Å². The molecular weight excluding hydrogens is 248 g/mol. The Morgan fingerprint density at radius 3 is 2.90 bits per heavy atom. The van der Waals surface area contributed by atoms with Crippen molar-refractivity contribution in [1.82, 2.24) is 15.2 Å². The molecule has 1 saturated heterocycles. The molecule has 0 amide bonds. The zero-order chi connectivity index (χ0) is 14.5. The highest BCUT2D eigenvalue weighted by molar-refractivity contribution is 5.53. The number of nitrogens with zero attached hydrogens (tertiary/aromatic N) is 3. The molecule has 1 aliphatic heterocycles. The lowest BCUT2D eigenvalue weighted by atomic mass is 10.2. The summed E-state index contributed by atoms with van der Waals surface area (Å²) in [5.41, 5.74) is 2.66. The highest BCUT2D eigenvalue weighted by Crippen LogP contribution is 2.25. The number of hydrogen-bond donors (Lipinski definition) is 1. The molecule has 112 valence electrons. The quantitative estimate of drug-likeness (QED) is 0.861. The molecule has 20 heavy (non-hydrogen) atoms. The minimum atomic E-state index is 0.666. The van der Waals surface area contributed by atoms with Gasteiger partial charge in [0.05, 0.1) is 0 Å². The monoisotopic (exact) mass is 276 g/mol. The Labute approximate surface area is 123 Å². The van der Waals surface area contributed by atoms with Crippen LogP contribution >= 0.6 is 0 Å². The maximum atomic E-state index is 4.29. The topological polar surface area (TPSA) is 31.4 Å². The Morgan fingerprint density at radius 1 is 1.45 bits per heavy atom. The molecule has 0 bridgehead atoms. The SMILES string of the molecule is CC(C)CNCc1cnccc1N1CCC(N(C)C)C1. The zero-order valence-electron chi connectivity index (χ0n) is 13.3. The summed E-state index contributed by atoms with van der Waals surface area (Å²) in [6.45, 7) is 8.69. The summed E-state index contributed by atoms with van der Waals surface area (Å²) in [6.07, 6.45) is 5.16. The number of likely N-dealkylation sites (N-methyl/N-ethyl adjacent to an activating group) is 1. The zero-order valence-corrected chi connectivity index (χ0v) is 13.3. The number of nitrogens with one attached hydrogen (secondary N) is 1. The summed E-state index contributed by atoms with van der Waals surface area (Å²) in [4.78, 5) is 9.12. The third kappa shape index (κ3) is 3.93. The van der Waals surface area contributed by atoms with Crippen LogP contribution < -0.4 is 10.2 Å². The summed E-state index contributed by atoms with van der Waals surface area (Å²) in [5, 5.41) is 3.52. The molecule has 2 heterocycles. The van der Waals surface area contributed by atoms with Gasteiger partial charge in [0, 0.05) is 49.3 Å². The third-order valence-corrected chi connectivity index (χ3v) is 3.98. The van der Waals surface area contributed by atoms with Crippen LogP contribution in [0.1, 0.15) is 25.8 Å². The van der Waals surface area contributed by atoms with Crippen LogP contribution in [0.4, 0.5) is 5.69 Å². The van der Waals surface area contributed by atoms with E-state index in [1.54, 1.807) is 0 Å². The fraction of sp³-hybridized carbons (Fsp3) is 0.688. The minimum Gasteiger partial charge on any atom is -0.370 e. The maximum absolute atomic E-state index is 4.29. The summed E-state index contributed by atoms with van der Waals surface area (Å²) >= 11 is 0. The van der Waals surface area contributed by atoms with E-state index in [1.807, 2.05) is 12.4 Å². The van der Waals surface area contributed by atoms with Crippen LogP contribution in [0.25, 0.3) is 0 Å². The standard InChI is InChI=1S/C16H28N4/c1-13(2)9-18-11-14-10-17-7-5-16(14)20-8-6-15(12-20)19(3)4/h5,7,10,13,15,18H,6,8-9,11-12H2,1-4H3. The van der Waals surface area contributed by atoms with Gasteiger partial charge in [-0.15, -0.1) is 0 Å². The molecule has 1 N–H and O–H groups in total. The van der Waals surface area contributed by atoms with Crippen LogP contribution in [0.3, 0.4) is 0 Å². The fourth-order valence-corrected chi connectivity index (χ4v) is 2.74. The number of rotatable bonds is 6. The number of hydrogen-bond acceptors (Lipinski definition) is 4. The molecule has 4 heteroatoms. The van der Waals surface area contributed by atoms with Crippen LogP contribution in [-0.4, -0.2) is 49.7 Å². The second-order valence-electron chi connectivity index (χ2n) is 6.38. The summed E-state index contributed by atoms with van der Waals surface area (Å²) in [7, 11) is 4.34. The van der Waals surface area contributed by atoms with Gasteiger partial charge in [0.25, 0.3) is 0 Å². The lowest BCUT2D eigenvalue weighted by molar-refractivity contribution is 0.315. The minimum absolute atomic E-state index is 0.666. The predicted octanol–water partition coefficient (Wildman–Crippen LogP) is 1.97. The Kier molecular flexibility index (Phi) is 5.38. The van der Waals surface area contributed by atoms with Gasteiger partial charge in [-0.3, -0.25) is 4.98 Å². The van der Waals surface area contributed by atoms with Crippen LogP contribution in [0, 0.1) is 5.92 Å².